The van der Waals surface area contributed by atoms with E-state index in [9.17, 15) is 8.42 Å². The van der Waals surface area contributed by atoms with E-state index in [-0.39, 0.29) is 11.0 Å². The topological polar surface area (TPSA) is 84.9 Å². The standard InChI is InChI=1S/C29H26ClN3O3S/c1-36-28(21-9-13-24(31-16-21)12-8-19-6-10-23(30)11-7-19)27-18-33-29-26(27)15-22(17-32-29)20-4-3-5-25(14-20)37(2,34)35/h3-7,9-11,13-18,28H,8,12H2,1-2H3,(H,32,33). The fraction of sp³-hybridized carbons (Fsp3) is 0.172. The molecule has 0 saturated heterocycles. The van der Waals surface area contributed by atoms with Crippen molar-refractivity contribution in [3.63, 3.8) is 0 Å². The molecule has 0 aliphatic carbocycles. The summed E-state index contributed by atoms with van der Waals surface area (Å²) in [5, 5.41) is 1.64. The summed E-state index contributed by atoms with van der Waals surface area (Å²) in [6.45, 7) is 0. The SMILES string of the molecule is COC(c1ccc(CCc2ccc(Cl)cc2)nc1)c1c[nH]c2ncc(-c3cccc(S(C)(=O)=O)c3)cc12. The van der Waals surface area contributed by atoms with E-state index >= 15 is 0 Å². The predicted octanol–water partition coefficient (Wildman–Crippen LogP) is 6.20. The van der Waals surface area contributed by atoms with Gasteiger partial charge in [-0.2, -0.15) is 0 Å². The molecule has 8 heteroatoms. The maximum Gasteiger partial charge on any atom is 0.175 e. The van der Waals surface area contributed by atoms with Crippen LogP contribution in [0.1, 0.15) is 28.5 Å². The highest BCUT2D eigenvalue weighted by Crippen LogP contribution is 2.33. The number of ether oxygens (including phenoxy) is 1. The van der Waals surface area contributed by atoms with Crippen molar-refractivity contribution in [3.05, 3.63) is 113 Å². The molecule has 0 fully saturated rings. The van der Waals surface area contributed by atoms with Gasteiger partial charge in [-0.15, -0.1) is 0 Å². The van der Waals surface area contributed by atoms with Crippen LogP contribution in [0.5, 0.6) is 0 Å². The Morgan fingerprint density at radius 3 is 2.46 bits per heavy atom. The van der Waals surface area contributed by atoms with Gasteiger partial charge in [0.25, 0.3) is 0 Å². The second-order valence-corrected chi connectivity index (χ2v) is 11.4. The number of nitrogens with zero attached hydrogens (tertiary/aromatic N) is 2. The lowest BCUT2D eigenvalue weighted by Crippen LogP contribution is -2.05. The molecule has 5 aromatic rings. The summed E-state index contributed by atoms with van der Waals surface area (Å²) in [4.78, 5) is 12.7. The molecule has 5 rings (SSSR count). The number of aromatic nitrogens is 3. The lowest BCUT2D eigenvalue weighted by molar-refractivity contribution is 0.137. The molecule has 0 amide bonds. The number of aromatic amines is 1. The lowest BCUT2D eigenvalue weighted by atomic mass is 10.00. The van der Waals surface area contributed by atoms with Gasteiger partial charge in [-0.1, -0.05) is 41.9 Å². The van der Waals surface area contributed by atoms with E-state index < -0.39 is 9.84 Å². The van der Waals surface area contributed by atoms with E-state index in [1.807, 2.05) is 60.9 Å². The van der Waals surface area contributed by atoms with Gasteiger partial charge in [0.15, 0.2) is 9.84 Å². The Hall–Kier alpha value is -3.52. The Morgan fingerprint density at radius 2 is 1.76 bits per heavy atom. The number of rotatable bonds is 8. The monoisotopic (exact) mass is 531 g/mol. The molecule has 0 aliphatic rings. The van der Waals surface area contributed by atoms with Crippen molar-refractivity contribution >= 4 is 32.5 Å². The van der Waals surface area contributed by atoms with Crippen LogP contribution in [0.2, 0.25) is 5.02 Å². The van der Waals surface area contributed by atoms with E-state index in [4.69, 9.17) is 16.3 Å². The van der Waals surface area contributed by atoms with Crippen LogP contribution in [0.25, 0.3) is 22.2 Å². The molecular formula is C29H26ClN3O3S. The molecule has 0 radical (unpaired) electrons. The minimum absolute atomic E-state index is 0.274. The van der Waals surface area contributed by atoms with Gasteiger partial charge < -0.3 is 9.72 Å². The third-order valence-corrected chi connectivity index (χ3v) is 7.77. The summed E-state index contributed by atoms with van der Waals surface area (Å²) < 4.78 is 30.0. The third-order valence-electron chi connectivity index (χ3n) is 6.41. The molecule has 2 aromatic carbocycles. The molecule has 0 aliphatic heterocycles. The van der Waals surface area contributed by atoms with Gasteiger partial charge in [-0.05, 0) is 60.4 Å². The number of sulfone groups is 1. The lowest BCUT2D eigenvalue weighted by Gasteiger charge is -2.16. The molecule has 3 heterocycles. The Morgan fingerprint density at radius 1 is 0.946 bits per heavy atom. The normalized spacial score (nSPS) is 12.6. The molecule has 188 valence electrons. The maximum atomic E-state index is 12.0. The molecule has 1 N–H and O–H groups in total. The highest BCUT2D eigenvalue weighted by Gasteiger charge is 2.19. The average Bonchev–Trinajstić information content (AvgIpc) is 3.32. The van der Waals surface area contributed by atoms with E-state index in [1.54, 1.807) is 31.5 Å². The highest BCUT2D eigenvalue weighted by atomic mass is 35.5. The summed E-state index contributed by atoms with van der Waals surface area (Å²) >= 11 is 5.98. The number of hydrogen-bond acceptors (Lipinski definition) is 5. The Bertz CT molecular complexity index is 1650. The molecule has 6 nitrogen and oxygen atoms in total. The average molecular weight is 532 g/mol. The molecule has 0 spiro atoms. The van der Waals surface area contributed by atoms with Crippen molar-refractivity contribution in [2.75, 3.05) is 13.4 Å². The number of aryl methyl sites for hydroxylation is 2. The number of fused-ring (bicyclic) bond motifs is 1. The van der Waals surface area contributed by atoms with Crippen molar-refractivity contribution in [2.24, 2.45) is 0 Å². The minimum atomic E-state index is -3.31. The zero-order valence-electron chi connectivity index (χ0n) is 20.5. The van der Waals surface area contributed by atoms with Crippen molar-refractivity contribution in [3.8, 4) is 11.1 Å². The smallest absolute Gasteiger partial charge is 0.175 e. The first-order chi connectivity index (χ1) is 17.8. The molecule has 1 unspecified atom stereocenters. The van der Waals surface area contributed by atoms with E-state index in [0.717, 1.165) is 56.8 Å². The molecule has 0 bridgehead atoms. The van der Waals surface area contributed by atoms with E-state index in [1.165, 1.54) is 11.8 Å². The molecule has 3 aromatic heterocycles. The number of nitrogens with one attached hydrogen (secondary N) is 1. The number of methoxy groups -OCH3 is 1. The number of halogens is 1. The number of H-pyrrole nitrogens is 1. The predicted molar refractivity (Wildman–Crippen MR) is 147 cm³/mol. The van der Waals surface area contributed by atoms with Crippen LogP contribution in [0.4, 0.5) is 0 Å². The van der Waals surface area contributed by atoms with Gasteiger partial charge in [0, 0.05) is 64.7 Å². The van der Waals surface area contributed by atoms with Gasteiger partial charge >= 0.3 is 0 Å². The number of benzene rings is 2. The fourth-order valence-electron chi connectivity index (χ4n) is 4.41. The fourth-order valence-corrected chi connectivity index (χ4v) is 5.20. The summed E-state index contributed by atoms with van der Waals surface area (Å²) in [6.07, 6.45) is 8.07. The largest absolute Gasteiger partial charge is 0.372 e. The van der Waals surface area contributed by atoms with Crippen LogP contribution in [-0.4, -0.2) is 36.7 Å². The third kappa shape index (κ3) is 5.59. The summed E-state index contributed by atoms with van der Waals surface area (Å²) in [5.41, 5.74) is 6.42. The second kappa shape index (κ2) is 10.5. The van der Waals surface area contributed by atoms with Crippen LogP contribution < -0.4 is 0 Å². The van der Waals surface area contributed by atoms with Crippen LogP contribution in [-0.2, 0) is 27.4 Å². The molecule has 37 heavy (non-hydrogen) atoms. The van der Waals surface area contributed by atoms with Crippen LogP contribution in [0, 0.1) is 0 Å². The number of hydrogen-bond donors (Lipinski definition) is 1. The zero-order valence-corrected chi connectivity index (χ0v) is 22.1. The molecular weight excluding hydrogens is 506 g/mol. The van der Waals surface area contributed by atoms with Crippen LogP contribution >= 0.6 is 11.6 Å². The highest BCUT2D eigenvalue weighted by molar-refractivity contribution is 7.90. The van der Waals surface area contributed by atoms with Gasteiger partial charge in [0.1, 0.15) is 11.8 Å². The summed E-state index contributed by atoms with van der Waals surface area (Å²) in [6, 6.07) is 20.9. The quantitative estimate of drug-likeness (QED) is 0.257. The first kappa shape index (κ1) is 25.1. The van der Waals surface area contributed by atoms with Gasteiger partial charge in [0.05, 0.1) is 4.90 Å². The Kier molecular flexibility index (Phi) is 7.11. The summed E-state index contributed by atoms with van der Waals surface area (Å²) in [5.74, 6) is 0. The minimum Gasteiger partial charge on any atom is -0.372 e. The Balaban J connectivity index is 1.41. The van der Waals surface area contributed by atoms with Crippen molar-refractivity contribution < 1.29 is 13.2 Å². The molecule has 1 atom stereocenters. The van der Waals surface area contributed by atoms with Gasteiger partial charge in [-0.25, -0.2) is 13.4 Å². The van der Waals surface area contributed by atoms with Gasteiger partial charge in [0.2, 0.25) is 0 Å². The van der Waals surface area contributed by atoms with Crippen LogP contribution in [0.15, 0.2) is 90.2 Å². The first-order valence-electron chi connectivity index (χ1n) is 11.8. The maximum absolute atomic E-state index is 12.0. The van der Waals surface area contributed by atoms with Gasteiger partial charge in [-0.3, -0.25) is 4.98 Å². The first-order valence-corrected chi connectivity index (χ1v) is 14.1. The zero-order chi connectivity index (χ0) is 26.0. The number of pyridine rings is 2. The summed E-state index contributed by atoms with van der Waals surface area (Å²) in [7, 11) is -1.64. The molecule has 0 saturated carbocycles. The van der Waals surface area contributed by atoms with Crippen molar-refractivity contribution in [1.29, 1.82) is 0 Å². The van der Waals surface area contributed by atoms with Crippen molar-refractivity contribution in [2.45, 2.75) is 23.8 Å². The van der Waals surface area contributed by atoms with E-state index in [2.05, 4.69) is 15.0 Å². The Labute approximate surface area is 221 Å². The van der Waals surface area contributed by atoms with E-state index in [0.29, 0.717) is 0 Å². The van der Waals surface area contributed by atoms with Crippen molar-refractivity contribution in [1.82, 2.24) is 15.0 Å². The second-order valence-electron chi connectivity index (χ2n) is 8.99. The van der Waals surface area contributed by atoms with Crippen LogP contribution in [0.3, 0.4) is 0 Å².